The molecule has 1 amide bonds. The number of nitrogens with one attached hydrogen (secondary N) is 2. The summed E-state index contributed by atoms with van der Waals surface area (Å²) >= 11 is 0. The van der Waals surface area contributed by atoms with Gasteiger partial charge >= 0.3 is 0 Å². The summed E-state index contributed by atoms with van der Waals surface area (Å²) in [5.74, 6) is 0.0256. The van der Waals surface area contributed by atoms with Gasteiger partial charge in [0.25, 0.3) is 0 Å². The molecule has 0 saturated heterocycles. The van der Waals surface area contributed by atoms with E-state index in [1.54, 1.807) is 0 Å². The van der Waals surface area contributed by atoms with Gasteiger partial charge in [-0.05, 0) is 36.2 Å². The Kier molecular flexibility index (Phi) is 5.18. The minimum Gasteiger partial charge on any atom is -0.385 e. The van der Waals surface area contributed by atoms with E-state index in [4.69, 9.17) is 0 Å². The van der Waals surface area contributed by atoms with E-state index in [9.17, 15) is 4.79 Å². The van der Waals surface area contributed by atoms with Crippen LogP contribution in [0.3, 0.4) is 0 Å². The number of benzene rings is 2. The summed E-state index contributed by atoms with van der Waals surface area (Å²) in [6.45, 7) is 2.74. The van der Waals surface area contributed by atoms with Gasteiger partial charge in [-0.2, -0.15) is 0 Å². The van der Waals surface area contributed by atoms with E-state index >= 15 is 0 Å². The number of amides is 1. The summed E-state index contributed by atoms with van der Waals surface area (Å²) in [5.41, 5.74) is 3.16. The third-order valence-electron chi connectivity index (χ3n) is 3.10. The van der Waals surface area contributed by atoms with E-state index in [2.05, 4.69) is 17.6 Å². The number of aryl methyl sites for hydroxylation is 1. The highest BCUT2D eigenvalue weighted by molar-refractivity contribution is 5.90. The highest BCUT2D eigenvalue weighted by Crippen LogP contribution is 2.10. The van der Waals surface area contributed by atoms with Crippen LogP contribution in [0.15, 0.2) is 54.6 Å². The molecule has 3 heteroatoms. The van der Waals surface area contributed by atoms with Crippen molar-refractivity contribution in [2.24, 2.45) is 0 Å². The lowest BCUT2D eigenvalue weighted by atomic mass is 10.1. The molecule has 104 valence electrons. The van der Waals surface area contributed by atoms with E-state index in [0.717, 1.165) is 17.8 Å². The number of para-hydroxylation sites is 1. The van der Waals surface area contributed by atoms with Gasteiger partial charge in [0.2, 0.25) is 5.91 Å². The zero-order chi connectivity index (χ0) is 14.2. The number of carbonyl (C=O) groups is 1. The van der Waals surface area contributed by atoms with Gasteiger partial charge in [0.05, 0.1) is 0 Å². The van der Waals surface area contributed by atoms with Crippen molar-refractivity contribution >= 4 is 17.3 Å². The second-order valence-electron chi connectivity index (χ2n) is 4.64. The molecule has 0 unspecified atom stereocenters. The molecule has 2 rings (SSSR count). The molecule has 0 saturated carbocycles. The van der Waals surface area contributed by atoms with Gasteiger partial charge in [0.1, 0.15) is 0 Å². The van der Waals surface area contributed by atoms with E-state index in [0.29, 0.717) is 13.0 Å². The Bertz CT molecular complexity index is 535. The Morgan fingerprint density at radius 2 is 1.65 bits per heavy atom. The average Bonchev–Trinajstić information content (AvgIpc) is 2.49. The largest absolute Gasteiger partial charge is 0.385 e. The molecule has 0 heterocycles. The SMILES string of the molecule is CCc1ccc(NC(=O)CCNc2ccccc2)cc1. The second-order valence-corrected chi connectivity index (χ2v) is 4.64. The molecule has 0 bridgehead atoms. The van der Waals surface area contributed by atoms with Crippen LogP contribution < -0.4 is 10.6 Å². The predicted octanol–water partition coefficient (Wildman–Crippen LogP) is 3.69. The van der Waals surface area contributed by atoms with Gasteiger partial charge in [-0.15, -0.1) is 0 Å². The topological polar surface area (TPSA) is 41.1 Å². The maximum atomic E-state index is 11.8. The Morgan fingerprint density at radius 3 is 2.30 bits per heavy atom. The number of anilines is 2. The van der Waals surface area contributed by atoms with Crippen molar-refractivity contribution < 1.29 is 4.79 Å². The van der Waals surface area contributed by atoms with Gasteiger partial charge in [0, 0.05) is 24.3 Å². The molecule has 20 heavy (non-hydrogen) atoms. The maximum absolute atomic E-state index is 11.8. The summed E-state index contributed by atoms with van der Waals surface area (Å²) in [6, 6.07) is 17.9. The molecule has 3 nitrogen and oxygen atoms in total. The van der Waals surface area contributed by atoms with Crippen LogP contribution in [0.4, 0.5) is 11.4 Å². The molecule has 2 aromatic carbocycles. The van der Waals surface area contributed by atoms with Gasteiger partial charge in [-0.1, -0.05) is 37.3 Å². The van der Waals surface area contributed by atoms with Crippen molar-refractivity contribution in [1.29, 1.82) is 0 Å². The van der Waals surface area contributed by atoms with Crippen LogP contribution >= 0.6 is 0 Å². The summed E-state index contributed by atoms with van der Waals surface area (Å²) in [7, 11) is 0. The Labute approximate surface area is 120 Å². The van der Waals surface area contributed by atoms with Crippen molar-refractivity contribution in [3.8, 4) is 0 Å². The van der Waals surface area contributed by atoms with Gasteiger partial charge in [-0.3, -0.25) is 4.79 Å². The quantitative estimate of drug-likeness (QED) is 0.839. The minimum atomic E-state index is 0.0256. The molecule has 0 aromatic heterocycles. The van der Waals surface area contributed by atoms with Crippen LogP contribution in [-0.2, 0) is 11.2 Å². The van der Waals surface area contributed by atoms with Crippen molar-refractivity contribution in [2.75, 3.05) is 17.2 Å². The number of hydrogen-bond acceptors (Lipinski definition) is 2. The molecule has 0 atom stereocenters. The zero-order valence-corrected chi connectivity index (χ0v) is 11.7. The molecule has 0 aliphatic rings. The lowest BCUT2D eigenvalue weighted by Gasteiger charge is -2.08. The van der Waals surface area contributed by atoms with Crippen LogP contribution in [0.25, 0.3) is 0 Å². The lowest BCUT2D eigenvalue weighted by Crippen LogP contribution is -2.16. The Morgan fingerprint density at radius 1 is 0.950 bits per heavy atom. The highest BCUT2D eigenvalue weighted by atomic mass is 16.1. The third kappa shape index (κ3) is 4.43. The Balaban J connectivity index is 1.74. The normalized spacial score (nSPS) is 10.1. The van der Waals surface area contributed by atoms with E-state index in [1.807, 2.05) is 54.6 Å². The third-order valence-corrected chi connectivity index (χ3v) is 3.10. The summed E-state index contributed by atoms with van der Waals surface area (Å²) in [6.07, 6.45) is 1.46. The molecular formula is C17H20N2O. The summed E-state index contributed by atoms with van der Waals surface area (Å²) in [5, 5.41) is 6.12. The van der Waals surface area contributed by atoms with E-state index < -0.39 is 0 Å². The molecule has 0 radical (unpaired) electrons. The second kappa shape index (κ2) is 7.34. The molecule has 0 aliphatic heterocycles. The maximum Gasteiger partial charge on any atom is 0.226 e. The zero-order valence-electron chi connectivity index (χ0n) is 11.7. The Hall–Kier alpha value is -2.29. The monoisotopic (exact) mass is 268 g/mol. The van der Waals surface area contributed by atoms with Crippen LogP contribution in [-0.4, -0.2) is 12.5 Å². The van der Waals surface area contributed by atoms with E-state index in [-0.39, 0.29) is 5.91 Å². The smallest absolute Gasteiger partial charge is 0.226 e. The van der Waals surface area contributed by atoms with Gasteiger partial charge < -0.3 is 10.6 Å². The van der Waals surface area contributed by atoms with Crippen molar-refractivity contribution in [1.82, 2.24) is 0 Å². The van der Waals surface area contributed by atoms with Crippen LogP contribution in [0.1, 0.15) is 18.9 Å². The molecular weight excluding hydrogens is 248 g/mol. The first-order chi connectivity index (χ1) is 9.78. The van der Waals surface area contributed by atoms with Crippen LogP contribution in [0, 0.1) is 0 Å². The lowest BCUT2D eigenvalue weighted by molar-refractivity contribution is -0.115. The van der Waals surface area contributed by atoms with Crippen LogP contribution in [0.5, 0.6) is 0 Å². The fourth-order valence-electron chi connectivity index (χ4n) is 1.92. The van der Waals surface area contributed by atoms with E-state index in [1.165, 1.54) is 5.56 Å². The average molecular weight is 268 g/mol. The molecule has 0 fully saturated rings. The number of hydrogen-bond donors (Lipinski definition) is 2. The standard InChI is InChI=1S/C17H20N2O/c1-2-14-8-10-16(11-9-14)19-17(20)12-13-18-15-6-4-3-5-7-15/h3-11,18H,2,12-13H2,1H3,(H,19,20). The predicted molar refractivity (Wildman–Crippen MR) is 84.0 cm³/mol. The fraction of sp³-hybridized carbons (Fsp3) is 0.235. The first kappa shape index (κ1) is 14.1. The van der Waals surface area contributed by atoms with Gasteiger partial charge in [-0.25, -0.2) is 0 Å². The molecule has 2 aromatic rings. The summed E-state index contributed by atoms with van der Waals surface area (Å²) in [4.78, 5) is 11.8. The molecule has 0 spiro atoms. The molecule has 0 aliphatic carbocycles. The first-order valence-corrected chi connectivity index (χ1v) is 6.95. The first-order valence-electron chi connectivity index (χ1n) is 6.95. The highest BCUT2D eigenvalue weighted by Gasteiger charge is 2.02. The fourth-order valence-corrected chi connectivity index (χ4v) is 1.92. The summed E-state index contributed by atoms with van der Waals surface area (Å²) < 4.78 is 0. The van der Waals surface area contributed by atoms with Crippen LogP contribution in [0.2, 0.25) is 0 Å². The van der Waals surface area contributed by atoms with Crippen molar-refractivity contribution in [3.05, 3.63) is 60.2 Å². The van der Waals surface area contributed by atoms with Crippen molar-refractivity contribution in [3.63, 3.8) is 0 Å². The number of rotatable bonds is 6. The number of carbonyl (C=O) groups excluding carboxylic acids is 1. The van der Waals surface area contributed by atoms with Crippen molar-refractivity contribution in [2.45, 2.75) is 19.8 Å². The molecule has 2 N–H and O–H groups in total. The minimum absolute atomic E-state index is 0.0256. The van der Waals surface area contributed by atoms with Gasteiger partial charge in [0.15, 0.2) is 0 Å².